The molecule has 0 spiro atoms. The zero-order valence-electron chi connectivity index (χ0n) is 22.4. The zero-order valence-corrected chi connectivity index (χ0v) is 24.1. The quantitative estimate of drug-likeness (QED) is 0.134. The van der Waals surface area contributed by atoms with Crippen LogP contribution in [0.4, 0.5) is 5.00 Å². The number of carbonyl (C=O) groups excluding carboxylic acids is 2. The number of nitrogens with one attached hydrogen (secondary N) is 1. The minimum Gasteiger partial charge on any atom is -0.493 e. The summed E-state index contributed by atoms with van der Waals surface area (Å²) in [4.78, 5) is 25.6. The van der Waals surface area contributed by atoms with Crippen LogP contribution in [0.1, 0.15) is 10.4 Å². The van der Waals surface area contributed by atoms with E-state index in [9.17, 15) is 9.59 Å². The van der Waals surface area contributed by atoms with Crippen molar-refractivity contribution in [3.8, 4) is 39.8 Å². The van der Waals surface area contributed by atoms with E-state index in [1.807, 2.05) is 40.3 Å². The first kappa shape index (κ1) is 28.7. The van der Waals surface area contributed by atoms with Crippen molar-refractivity contribution in [2.24, 2.45) is 0 Å². The molecule has 0 unspecified atom stereocenters. The Hall–Kier alpha value is -4.29. The predicted molar refractivity (Wildman–Crippen MR) is 156 cm³/mol. The van der Waals surface area contributed by atoms with Gasteiger partial charge in [0, 0.05) is 23.1 Å². The number of thioether (sulfide) groups is 1. The summed E-state index contributed by atoms with van der Waals surface area (Å²) in [5, 5.41) is 14.3. The van der Waals surface area contributed by atoms with Gasteiger partial charge in [-0.15, -0.1) is 28.1 Å². The molecular formula is C28H28N4O6S2. The number of aromatic nitrogens is 3. The van der Waals surface area contributed by atoms with Crippen molar-refractivity contribution in [1.82, 2.24) is 14.8 Å². The molecule has 1 N–H and O–H groups in total. The smallest absolute Gasteiger partial charge is 0.341 e. The zero-order chi connectivity index (χ0) is 28.6. The van der Waals surface area contributed by atoms with E-state index in [1.54, 1.807) is 18.2 Å². The van der Waals surface area contributed by atoms with Crippen LogP contribution in [-0.2, 0) is 16.1 Å². The van der Waals surface area contributed by atoms with Crippen molar-refractivity contribution < 1.29 is 28.5 Å². The highest BCUT2D eigenvalue weighted by molar-refractivity contribution is 7.99. The highest BCUT2D eigenvalue weighted by Gasteiger charge is 2.23. The van der Waals surface area contributed by atoms with Crippen LogP contribution >= 0.6 is 23.1 Å². The molecule has 2 heterocycles. The third-order valence-corrected chi connectivity index (χ3v) is 7.66. The lowest BCUT2D eigenvalue weighted by molar-refractivity contribution is -0.113. The third-order valence-electron chi connectivity index (χ3n) is 5.80. The minimum absolute atomic E-state index is 0.0315. The maximum Gasteiger partial charge on any atom is 0.341 e. The van der Waals surface area contributed by atoms with Crippen LogP contribution in [0.5, 0.6) is 17.2 Å². The Morgan fingerprint density at radius 2 is 1.73 bits per heavy atom. The van der Waals surface area contributed by atoms with Crippen LogP contribution < -0.4 is 19.5 Å². The second-order valence-corrected chi connectivity index (χ2v) is 9.99. The highest BCUT2D eigenvalue weighted by atomic mass is 32.2. The van der Waals surface area contributed by atoms with Gasteiger partial charge in [-0.1, -0.05) is 48.2 Å². The molecule has 0 aliphatic rings. The molecule has 0 aliphatic heterocycles. The molecule has 0 saturated heterocycles. The van der Waals surface area contributed by atoms with Crippen LogP contribution in [0.2, 0.25) is 0 Å². The summed E-state index contributed by atoms with van der Waals surface area (Å²) >= 11 is 2.48. The van der Waals surface area contributed by atoms with E-state index in [0.29, 0.717) is 56.5 Å². The summed E-state index contributed by atoms with van der Waals surface area (Å²) in [7, 11) is 5.93. The molecule has 0 radical (unpaired) electrons. The van der Waals surface area contributed by atoms with Crippen LogP contribution in [-0.4, -0.2) is 60.8 Å². The molecule has 0 aliphatic carbocycles. The van der Waals surface area contributed by atoms with E-state index in [-0.39, 0.29) is 11.7 Å². The van der Waals surface area contributed by atoms with E-state index in [4.69, 9.17) is 18.9 Å². The van der Waals surface area contributed by atoms with Crippen molar-refractivity contribution in [2.75, 3.05) is 39.5 Å². The second-order valence-electron chi connectivity index (χ2n) is 8.17. The Morgan fingerprint density at radius 3 is 2.33 bits per heavy atom. The fourth-order valence-electron chi connectivity index (χ4n) is 3.99. The second kappa shape index (κ2) is 13.2. The molecule has 4 rings (SSSR count). The molecule has 208 valence electrons. The van der Waals surface area contributed by atoms with Gasteiger partial charge in [0.25, 0.3) is 0 Å². The fraction of sp³-hybridized carbons (Fsp3) is 0.214. The van der Waals surface area contributed by atoms with E-state index in [2.05, 4.69) is 22.1 Å². The van der Waals surface area contributed by atoms with Gasteiger partial charge < -0.3 is 24.3 Å². The van der Waals surface area contributed by atoms with Crippen molar-refractivity contribution in [3.05, 3.63) is 66.1 Å². The molecule has 0 fully saturated rings. The molecule has 1 amide bonds. The monoisotopic (exact) mass is 580 g/mol. The van der Waals surface area contributed by atoms with Gasteiger partial charge in [-0.3, -0.25) is 9.36 Å². The number of rotatable bonds is 12. The largest absolute Gasteiger partial charge is 0.493 e. The molecule has 2 aromatic carbocycles. The Bertz CT molecular complexity index is 1490. The lowest BCUT2D eigenvalue weighted by Crippen LogP contribution is -2.16. The summed E-state index contributed by atoms with van der Waals surface area (Å²) in [5.41, 5.74) is 2.55. The molecule has 12 heteroatoms. The number of methoxy groups -OCH3 is 4. The summed E-state index contributed by atoms with van der Waals surface area (Å²) in [6.07, 6.45) is 1.72. The number of anilines is 1. The van der Waals surface area contributed by atoms with Crippen LogP contribution in [0.3, 0.4) is 0 Å². The van der Waals surface area contributed by atoms with Gasteiger partial charge in [0.1, 0.15) is 10.6 Å². The number of allylic oxidation sites excluding steroid dienone is 1. The first-order chi connectivity index (χ1) is 19.4. The molecule has 0 bridgehead atoms. The summed E-state index contributed by atoms with van der Waals surface area (Å²) < 4.78 is 23.2. The van der Waals surface area contributed by atoms with Crippen molar-refractivity contribution in [1.29, 1.82) is 0 Å². The number of amides is 1. The van der Waals surface area contributed by atoms with Gasteiger partial charge in [0.2, 0.25) is 11.7 Å². The molecule has 2 aromatic heterocycles. The normalized spacial score (nSPS) is 10.6. The Balaban J connectivity index is 1.56. The number of esters is 1. The highest BCUT2D eigenvalue weighted by Crippen LogP contribution is 2.41. The fourth-order valence-corrected chi connectivity index (χ4v) is 5.71. The van der Waals surface area contributed by atoms with Gasteiger partial charge in [0.05, 0.1) is 34.2 Å². The van der Waals surface area contributed by atoms with Gasteiger partial charge in [-0.25, -0.2) is 4.79 Å². The Labute approximate surface area is 239 Å². The third kappa shape index (κ3) is 5.97. The van der Waals surface area contributed by atoms with Crippen LogP contribution in [0.25, 0.3) is 22.5 Å². The van der Waals surface area contributed by atoms with Crippen molar-refractivity contribution >= 4 is 40.0 Å². The Morgan fingerprint density at radius 1 is 1.02 bits per heavy atom. The predicted octanol–water partition coefficient (Wildman–Crippen LogP) is 5.40. The number of ether oxygens (including phenoxy) is 4. The first-order valence-electron chi connectivity index (χ1n) is 12.0. The lowest BCUT2D eigenvalue weighted by Gasteiger charge is -2.14. The van der Waals surface area contributed by atoms with E-state index < -0.39 is 5.97 Å². The van der Waals surface area contributed by atoms with E-state index in [1.165, 1.54) is 51.5 Å². The van der Waals surface area contributed by atoms with Gasteiger partial charge in [-0.2, -0.15) is 0 Å². The summed E-state index contributed by atoms with van der Waals surface area (Å²) in [6, 6.07) is 13.0. The standard InChI is InChI=1S/C28H28N4O6S2/c1-6-12-32-25(18-13-20(35-2)24(37-4)21(14-18)36-3)30-31-28(32)40-16-22(33)29-26-23(27(34)38-5)19(15-39-26)17-10-8-7-9-11-17/h6-11,13-15H,1,12,16H2,2-5H3,(H,29,33). The SMILES string of the molecule is C=CCn1c(SCC(=O)Nc2scc(-c3ccccc3)c2C(=O)OC)nnc1-c1cc(OC)c(OC)c(OC)c1. The molecule has 0 saturated carbocycles. The number of nitrogens with zero attached hydrogens (tertiary/aromatic N) is 3. The van der Waals surface area contributed by atoms with Crippen molar-refractivity contribution in [3.63, 3.8) is 0 Å². The van der Waals surface area contributed by atoms with E-state index >= 15 is 0 Å². The van der Waals surface area contributed by atoms with Gasteiger partial charge in [0.15, 0.2) is 22.5 Å². The molecule has 40 heavy (non-hydrogen) atoms. The number of thiophene rings is 1. The average Bonchev–Trinajstić information content (AvgIpc) is 3.59. The summed E-state index contributed by atoms with van der Waals surface area (Å²) in [5.74, 6) is 1.16. The maximum absolute atomic E-state index is 13.0. The average molecular weight is 581 g/mol. The maximum atomic E-state index is 13.0. The number of benzene rings is 2. The number of carbonyl (C=O) groups is 2. The first-order valence-corrected chi connectivity index (χ1v) is 13.8. The molecule has 0 atom stereocenters. The van der Waals surface area contributed by atoms with Gasteiger partial charge in [-0.05, 0) is 17.7 Å². The molecule has 4 aromatic rings. The summed E-state index contributed by atoms with van der Waals surface area (Å²) in [6.45, 7) is 4.25. The lowest BCUT2D eigenvalue weighted by atomic mass is 10.0. The van der Waals surface area contributed by atoms with Crippen molar-refractivity contribution in [2.45, 2.75) is 11.7 Å². The minimum atomic E-state index is -0.524. The van der Waals surface area contributed by atoms with Crippen LogP contribution in [0.15, 0.2) is 65.7 Å². The van der Waals surface area contributed by atoms with Gasteiger partial charge >= 0.3 is 5.97 Å². The van der Waals surface area contributed by atoms with Crippen LogP contribution in [0, 0.1) is 0 Å². The Kier molecular flexibility index (Phi) is 9.46. The van der Waals surface area contributed by atoms with E-state index in [0.717, 1.165) is 5.56 Å². The number of hydrogen-bond acceptors (Lipinski definition) is 10. The molecule has 10 nitrogen and oxygen atoms in total. The topological polar surface area (TPSA) is 114 Å². The number of hydrogen-bond donors (Lipinski definition) is 1. The molecular weight excluding hydrogens is 552 g/mol.